The fraction of sp³-hybridized carbons (Fsp3) is 0.304. The summed E-state index contributed by atoms with van der Waals surface area (Å²) in [7, 11) is 0. The molecule has 0 spiro atoms. The smallest absolute Gasteiger partial charge is 0.254 e. The first kappa shape index (κ1) is 18.5. The van der Waals surface area contributed by atoms with Crippen LogP contribution in [0.4, 0.5) is 0 Å². The van der Waals surface area contributed by atoms with Gasteiger partial charge in [-0.15, -0.1) is 0 Å². The lowest BCUT2D eigenvalue weighted by atomic mass is 9.94. The van der Waals surface area contributed by atoms with Crippen LogP contribution in [0.1, 0.15) is 34.8 Å². The third-order valence-electron chi connectivity index (χ3n) is 5.51. The van der Waals surface area contributed by atoms with E-state index in [0.717, 1.165) is 30.6 Å². The number of carbonyl (C=O) groups is 1. The van der Waals surface area contributed by atoms with E-state index < -0.39 is 0 Å². The fourth-order valence-electron chi connectivity index (χ4n) is 4.00. The van der Waals surface area contributed by atoms with Gasteiger partial charge in [0.2, 0.25) is 0 Å². The molecule has 2 aromatic heterocycles. The van der Waals surface area contributed by atoms with Crippen LogP contribution in [0.3, 0.4) is 0 Å². The summed E-state index contributed by atoms with van der Waals surface area (Å²) in [5, 5.41) is 0. The summed E-state index contributed by atoms with van der Waals surface area (Å²) in [5.41, 5.74) is 2.47. The second kappa shape index (κ2) is 8.10. The molecule has 0 aliphatic carbocycles. The van der Waals surface area contributed by atoms with E-state index in [2.05, 4.69) is 9.97 Å². The van der Waals surface area contributed by atoms with Crippen LogP contribution in [0.25, 0.3) is 11.4 Å². The number of pyridine rings is 1. The van der Waals surface area contributed by atoms with Crippen LogP contribution >= 0.6 is 0 Å². The van der Waals surface area contributed by atoms with Crippen molar-refractivity contribution in [2.24, 2.45) is 0 Å². The number of ether oxygens (including phenoxy) is 2. The Labute approximate surface area is 174 Å². The molecule has 0 saturated carbocycles. The molecule has 3 aromatic rings. The zero-order chi connectivity index (χ0) is 20.3. The van der Waals surface area contributed by atoms with Crippen LogP contribution in [-0.4, -0.2) is 52.1 Å². The minimum atomic E-state index is 0.0122. The number of amides is 1. The Balaban J connectivity index is 1.34. The first-order valence-corrected chi connectivity index (χ1v) is 10.2. The molecule has 7 nitrogen and oxygen atoms in total. The van der Waals surface area contributed by atoms with Crippen molar-refractivity contribution in [3.63, 3.8) is 0 Å². The predicted octanol–water partition coefficient (Wildman–Crippen LogP) is 3.33. The van der Waals surface area contributed by atoms with Crippen LogP contribution in [-0.2, 0) is 0 Å². The highest BCUT2D eigenvalue weighted by Gasteiger charge is 2.27. The Morgan fingerprint density at radius 3 is 2.83 bits per heavy atom. The molecule has 1 amide bonds. The van der Waals surface area contributed by atoms with Crippen LogP contribution < -0.4 is 9.47 Å². The van der Waals surface area contributed by atoms with Gasteiger partial charge in [0.05, 0.1) is 0 Å². The molecule has 0 N–H and O–H groups in total. The normalized spacial score (nSPS) is 18.1. The first-order valence-electron chi connectivity index (χ1n) is 10.2. The number of hydrogen-bond acceptors (Lipinski definition) is 6. The number of hydrogen-bond donors (Lipinski definition) is 0. The number of carbonyl (C=O) groups excluding carboxylic acids is 1. The molecule has 1 fully saturated rings. The van der Waals surface area contributed by atoms with Crippen molar-refractivity contribution in [2.45, 2.75) is 18.8 Å². The van der Waals surface area contributed by atoms with Gasteiger partial charge in [-0.05, 0) is 49.2 Å². The Morgan fingerprint density at radius 1 is 1.07 bits per heavy atom. The molecule has 1 saturated heterocycles. The number of nitrogens with zero attached hydrogens (tertiary/aromatic N) is 4. The van der Waals surface area contributed by atoms with Crippen LogP contribution in [0.5, 0.6) is 11.5 Å². The second-order valence-corrected chi connectivity index (χ2v) is 7.50. The molecule has 152 valence electrons. The Morgan fingerprint density at radius 2 is 1.97 bits per heavy atom. The minimum Gasteiger partial charge on any atom is -0.486 e. The summed E-state index contributed by atoms with van der Waals surface area (Å²) < 4.78 is 11.2. The molecule has 7 heteroatoms. The van der Waals surface area contributed by atoms with E-state index in [1.165, 1.54) is 0 Å². The van der Waals surface area contributed by atoms with E-state index >= 15 is 0 Å². The summed E-state index contributed by atoms with van der Waals surface area (Å²) in [6.07, 6.45) is 7.21. The number of aromatic nitrogens is 3. The maximum absolute atomic E-state index is 13.1. The SMILES string of the molecule is O=C(c1ccc2c(c1)OCCO2)N1CCC[C@@H](c2ccnc(-c3cccnc3)n2)C1. The van der Waals surface area contributed by atoms with Crippen molar-refractivity contribution in [2.75, 3.05) is 26.3 Å². The first-order chi connectivity index (χ1) is 14.8. The van der Waals surface area contributed by atoms with Crippen molar-refractivity contribution >= 4 is 5.91 Å². The quantitative estimate of drug-likeness (QED) is 0.669. The molecule has 30 heavy (non-hydrogen) atoms. The molecule has 2 aliphatic rings. The molecule has 0 unspecified atom stereocenters. The average molecular weight is 402 g/mol. The fourth-order valence-corrected chi connectivity index (χ4v) is 4.00. The van der Waals surface area contributed by atoms with Crippen molar-refractivity contribution in [3.8, 4) is 22.9 Å². The van der Waals surface area contributed by atoms with Crippen molar-refractivity contribution in [1.82, 2.24) is 19.9 Å². The van der Waals surface area contributed by atoms with Gasteiger partial charge >= 0.3 is 0 Å². The number of rotatable bonds is 3. The minimum absolute atomic E-state index is 0.0122. The third kappa shape index (κ3) is 3.70. The van der Waals surface area contributed by atoms with E-state index in [-0.39, 0.29) is 11.8 Å². The summed E-state index contributed by atoms with van der Waals surface area (Å²) >= 11 is 0. The number of fused-ring (bicyclic) bond motifs is 1. The molecule has 2 aliphatic heterocycles. The zero-order valence-corrected chi connectivity index (χ0v) is 16.5. The van der Waals surface area contributed by atoms with Gasteiger partial charge in [0.25, 0.3) is 5.91 Å². The molecule has 5 rings (SSSR count). The van der Waals surface area contributed by atoms with Crippen LogP contribution in [0.2, 0.25) is 0 Å². The lowest BCUT2D eigenvalue weighted by Crippen LogP contribution is -2.39. The number of piperidine rings is 1. The van der Waals surface area contributed by atoms with E-state index in [9.17, 15) is 4.79 Å². The second-order valence-electron chi connectivity index (χ2n) is 7.50. The van der Waals surface area contributed by atoms with Gasteiger partial charge in [-0.3, -0.25) is 9.78 Å². The van der Waals surface area contributed by atoms with Gasteiger partial charge in [0, 0.05) is 54.4 Å². The molecule has 4 heterocycles. The summed E-state index contributed by atoms with van der Waals surface area (Å²) in [6.45, 7) is 2.42. The highest BCUT2D eigenvalue weighted by Crippen LogP contribution is 2.32. The molecular weight excluding hydrogens is 380 g/mol. The Bertz CT molecular complexity index is 1060. The highest BCUT2D eigenvalue weighted by atomic mass is 16.6. The molecule has 1 atom stereocenters. The predicted molar refractivity (Wildman–Crippen MR) is 111 cm³/mol. The summed E-state index contributed by atoms with van der Waals surface area (Å²) in [6, 6.07) is 11.2. The van der Waals surface area contributed by atoms with Crippen LogP contribution in [0, 0.1) is 0 Å². The lowest BCUT2D eigenvalue weighted by Gasteiger charge is -2.33. The van der Waals surface area contributed by atoms with Crippen molar-refractivity contribution in [3.05, 3.63) is 66.2 Å². The molecule has 0 bridgehead atoms. The van der Waals surface area contributed by atoms with Crippen LogP contribution in [0.15, 0.2) is 55.0 Å². The third-order valence-corrected chi connectivity index (χ3v) is 5.51. The van der Waals surface area contributed by atoms with Crippen molar-refractivity contribution < 1.29 is 14.3 Å². The standard InChI is InChI=1S/C23H22N4O3/c28-23(16-5-6-20-21(13-16)30-12-11-29-20)27-10-2-4-18(15-27)19-7-9-25-22(26-19)17-3-1-8-24-14-17/h1,3,5-9,13-14,18H,2,4,10-12,15H2/t18-/m1/s1. The number of likely N-dealkylation sites (tertiary alicyclic amines) is 1. The van der Waals surface area contributed by atoms with Crippen molar-refractivity contribution in [1.29, 1.82) is 0 Å². The monoisotopic (exact) mass is 402 g/mol. The van der Waals surface area contributed by atoms with Gasteiger partial charge in [-0.25, -0.2) is 9.97 Å². The van der Waals surface area contributed by atoms with Gasteiger partial charge < -0.3 is 14.4 Å². The van der Waals surface area contributed by atoms with E-state index in [4.69, 9.17) is 14.5 Å². The van der Waals surface area contributed by atoms with Gasteiger partial charge in [0.1, 0.15) is 13.2 Å². The van der Waals surface area contributed by atoms with E-state index in [1.54, 1.807) is 24.7 Å². The molecular formula is C23H22N4O3. The van der Waals surface area contributed by atoms with E-state index in [1.807, 2.05) is 35.2 Å². The molecule has 0 radical (unpaired) electrons. The average Bonchev–Trinajstić information content (AvgIpc) is 2.84. The lowest BCUT2D eigenvalue weighted by molar-refractivity contribution is 0.0705. The summed E-state index contributed by atoms with van der Waals surface area (Å²) in [4.78, 5) is 28.4. The van der Waals surface area contributed by atoms with Gasteiger partial charge in [0.15, 0.2) is 17.3 Å². The van der Waals surface area contributed by atoms with Gasteiger partial charge in [-0.2, -0.15) is 0 Å². The Hall–Kier alpha value is -3.48. The topological polar surface area (TPSA) is 77.4 Å². The largest absolute Gasteiger partial charge is 0.486 e. The number of benzene rings is 1. The Kier molecular flexibility index (Phi) is 5.01. The zero-order valence-electron chi connectivity index (χ0n) is 16.5. The van der Waals surface area contributed by atoms with E-state index in [0.29, 0.717) is 42.6 Å². The maximum atomic E-state index is 13.1. The molecule has 1 aromatic carbocycles. The summed E-state index contributed by atoms with van der Waals surface area (Å²) in [5.74, 6) is 2.18. The highest BCUT2D eigenvalue weighted by molar-refractivity contribution is 5.95. The maximum Gasteiger partial charge on any atom is 0.254 e. The van der Waals surface area contributed by atoms with Gasteiger partial charge in [-0.1, -0.05) is 0 Å².